The van der Waals surface area contributed by atoms with Crippen LogP contribution < -0.4 is 5.32 Å². The topological polar surface area (TPSA) is 80.5 Å². The number of ether oxygens (including phenoxy) is 1. The van der Waals surface area contributed by atoms with Crippen LogP contribution in [0, 0.1) is 5.92 Å². The van der Waals surface area contributed by atoms with Crippen molar-refractivity contribution in [3.63, 3.8) is 0 Å². The highest BCUT2D eigenvalue weighted by Crippen LogP contribution is 2.28. The molecule has 2 aromatic carbocycles. The summed E-state index contributed by atoms with van der Waals surface area (Å²) in [7, 11) is 0. The second kappa shape index (κ2) is 13.7. The average molecular weight is 531 g/mol. The molecule has 39 heavy (non-hydrogen) atoms. The predicted octanol–water partition coefficient (Wildman–Crippen LogP) is 6.51. The quantitative estimate of drug-likeness (QED) is 0.224. The van der Waals surface area contributed by atoms with Crippen LogP contribution >= 0.6 is 0 Å². The standard InChI is InChI=1S/C31H35FN4O3/c1-4-12-25(19-22(3)32)30-34-28(35-39-30)21-36-18-17-23(5-2)27(20-36)38-31(37)29(24-13-8-6-9-14-24)33-26-15-10-7-11-16-26/h4,6-16,19,23,27,29,33H,1,5,17-18,20-21H2,2-3H3/b22-19+,25-12+/t23?,27-,29+/m0/s1. The Bertz CT molecular complexity index is 1290. The summed E-state index contributed by atoms with van der Waals surface area (Å²) in [5.74, 6) is 0.275. The lowest BCUT2D eigenvalue weighted by molar-refractivity contribution is -0.156. The Morgan fingerprint density at radius 3 is 2.62 bits per heavy atom. The second-order valence-electron chi connectivity index (χ2n) is 9.63. The molecule has 1 N–H and O–H groups in total. The van der Waals surface area contributed by atoms with E-state index >= 15 is 0 Å². The van der Waals surface area contributed by atoms with Crippen molar-refractivity contribution in [3.05, 3.63) is 109 Å². The summed E-state index contributed by atoms with van der Waals surface area (Å²) < 4.78 is 25.1. The van der Waals surface area contributed by atoms with Gasteiger partial charge in [-0.25, -0.2) is 9.18 Å². The number of hydrogen-bond donors (Lipinski definition) is 1. The fourth-order valence-electron chi connectivity index (χ4n) is 4.77. The van der Waals surface area contributed by atoms with Gasteiger partial charge in [-0.2, -0.15) is 4.98 Å². The van der Waals surface area contributed by atoms with E-state index in [-0.39, 0.29) is 29.7 Å². The number of carbonyl (C=O) groups is 1. The third kappa shape index (κ3) is 7.74. The average Bonchev–Trinajstić information content (AvgIpc) is 3.41. The molecule has 1 aromatic heterocycles. The summed E-state index contributed by atoms with van der Waals surface area (Å²) in [5.41, 5.74) is 2.14. The number of aromatic nitrogens is 2. The van der Waals surface area contributed by atoms with Crippen LogP contribution in [0.15, 0.2) is 95.8 Å². The number of benzene rings is 2. The zero-order valence-electron chi connectivity index (χ0n) is 22.4. The molecule has 1 fully saturated rings. The molecule has 0 aliphatic carbocycles. The highest BCUT2D eigenvalue weighted by Gasteiger charge is 2.34. The van der Waals surface area contributed by atoms with Crippen LogP contribution in [-0.2, 0) is 16.1 Å². The van der Waals surface area contributed by atoms with Crippen molar-refractivity contribution in [1.29, 1.82) is 0 Å². The first kappa shape index (κ1) is 28.0. The number of anilines is 1. The maximum Gasteiger partial charge on any atom is 0.333 e. The van der Waals surface area contributed by atoms with Gasteiger partial charge in [0.25, 0.3) is 5.89 Å². The minimum absolute atomic E-state index is 0.228. The summed E-state index contributed by atoms with van der Waals surface area (Å²) >= 11 is 0. The summed E-state index contributed by atoms with van der Waals surface area (Å²) in [6.45, 7) is 8.94. The van der Waals surface area contributed by atoms with Crippen molar-refractivity contribution in [2.45, 2.75) is 45.4 Å². The Morgan fingerprint density at radius 2 is 1.95 bits per heavy atom. The fourth-order valence-corrected chi connectivity index (χ4v) is 4.77. The number of para-hydroxylation sites is 1. The Morgan fingerprint density at radius 1 is 1.23 bits per heavy atom. The van der Waals surface area contributed by atoms with Gasteiger partial charge < -0.3 is 14.6 Å². The Kier molecular flexibility index (Phi) is 9.80. The Hall–Kier alpha value is -4.04. The van der Waals surface area contributed by atoms with Crippen molar-refractivity contribution in [2.24, 2.45) is 5.92 Å². The lowest BCUT2D eigenvalue weighted by atomic mass is 9.91. The van der Waals surface area contributed by atoms with Crippen LogP contribution in [0.2, 0.25) is 0 Å². The first-order valence-electron chi connectivity index (χ1n) is 13.3. The minimum atomic E-state index is -0.636. The molecule has 1 unspecified atom stereocenters. The van der Waals surface area contributed by atoms with Crippen LogP contribution in [0.3, 0.4) is 0 Å². The molecule has 1 aliphatic heterocycles. The number of allylic oxidation sites excluding steroid dienone is 5. The fraction of sp³-hybridized carbons (Fsp3) is 0.323. The van der Waals surface area contributed by atoms with Crippen LogP contribution in [0.1, 0.15) is 50.0 Å². The number of carbonyl (C=O) groups excluding carboxylic acids is 1. The van der Waals surface area contributed by atoms with Crippen molar-refractivity contribution in [1.82, 2.24) is 15.0 Å². The Labute approximate surface area is 229 Å². The summed E-state index contributed by atoms with van der Waals surface area (Å²) in [5, 5.41) is 7.43. The predicted molar refractivity (Wildman–Crippen MR) is 150 cm³/mol. The summed E-state index contributed by atoms with van der Waals surface area (Å²) in [6.07, 6.45) is 6.00. The van der Waals surface area contributed by atoms with Gasteiger partial charge in [-0.15, -0.1) is 0 Å². The number of nitrogens with zero attached hydrogens (tertiary/aromatic N) is 3. The van der Waals surface area contributed by atoms with Crippen molar-refractivity contribution >= 4 is 17.2 Å². The molecule has 0 amide bonds. The summed E-state index contributed by atoms with van der Waals surface area (Å²) in [4.78, 5) is 20.2. The molecule has 0 saturated carbocycles. The number of hydrogen-bond acceptors (Lipinski definition) is 7. The molecule has 3 atom stereocenters. The molecular formula is C31H35FN4O3. The molecule has 0 radical (unpaired) electrons. The molecular weight excluding hydrogens is 495 g/mol. The van der Waals surface area contributed by atoms with E-state index in [0.29, 0.717) is 24.5 Å². The molecule has 1 aliphatic rings. The number of rotatable bonds is 11. The van der Waals surface area contributed by atoms with Crippen LogP contribution in [0.25, 0.3) is 5.57 Å². The van der Waals surface area contributed by atoms with Crippen molar-refractivity contribution < 1.29 is 18.4 Å². The zero-order valence-corrected chi connectivity index (χ0v) is 22.4. The maximum atomic E-state index is 13.6. The van der Waals surface area contributed by atoms with Gasteiger partial charge in [0.05, 0.1) is 12.4 Å². The monoisotopic (exact) mass is 530 g/mol. The van der Waals surface area contributed by atoms with Gasteiger partial charge in [0.15, 0.2) is 11.9 Å². The summed E-state index contributed by atoms with van der Waals surface area (Å²) in [6, 6.07) is 18.6. The molecule has 204 valence electrons. The van der Waals surface area contributed by atoms with Gasteiger partial charge in [-0.05, 0) is 62.1 Å². The first-order chi connectivity index (χ1) is 19.0. The third-order valence-corrected chi connectivity index (χ3v) is 6.76. The third-order valence-electron chi connectivity index (χ3n) is 6.76. The van der Waals surface area contributed by atoms with Crippen LogP contribution in [0.5, 0.6) is 0 Å². The van der Waals surface area contributed by atoms with E-state index in [4.69, 9.17) is 9.26 Å². The SMILES string of the molecule is C=C/C=C(\C=C(/C)F)c1nc(CN2CCC(CC)[C@@H](OC(=O)[C@H](Nc3ccccc3)c3ccccc3)C2)no1. The van der Waals surface area contributed by atoms with Crippen molar-refractivity contribution in [2.75, 3.05) is 18.4 Å². The molecule has 0 spiro atoms. The normalized spacial score (nSPS) is 19.4. The number of halogens is 1. The van der Waals surface area contributed by atoms with Gasteiger partial charge in [0, 0.05) is 17.8 Å². The molecule has 3 aromatic rings. The van der Waals surface area contributed by atoms with Gasteiger partial charge in [0.1, 0.15) is 6.10 Å². The zero-order chi connectivity index (χ0) is 27.6. The van der Waals surface area contributed by atoms with E-state index in [1.54, 1.807) is 12.2 Å². The van der Waals surface area contributed by atoms with E-state index in [9.17, 15) is 9.18 Å². The van der Waals surface area contributed by atoms with Gasteiger partial charge in [-0.1, -0.05) is 73.3 Å². The molecule has 7 nitrogen and oxygen atoms in total. The van der Waals surface area contributed by atoms with Crippen molar-refractivity contribution in [3.8, 4) is 0 Å². The molecule has 1 saturated heterocycles. The number of piperidine rings is 1. The number of likely N-dealkylation sites (tertiary alicyclic amines) is 1. The highest BCUT2D eigenvalue weighted by molar-refractivity contribution is 5.81. The molecule has 4 rings (SSSR count). The highest BCUT2D eigenvalue weighted by atomic mass is 19.1. The second-order valence-corrected chi connectivity index (χ2v) is 9.63. The van der Waals surface area contributed by atoms with E-state index < -0.39 is 6.04 Å². The first-order valence-corrected chi connectivity index (χ1v) is 13.3. The van der Waals surface area contributed by atoms with Gasteiger partial charge in [0.2, 0.25) is 0 Å². The van der Waals surface area contributed by atoms with Crippen LogP contribution in [-0.4, -0.2) is 40.2 Å². The van der Waals surface area contributed by atoms with E-state index in [0.717, 1.165) is 30.6 Å². The molecule has 2 heterocycles. The Balaban J connectivity index is 1.46. The largest absolute Gasteiger partial charge is 0.459 e. The molecule has 8 heteroatoms. The maximum absolute atomic E-state index is 13.6. The number of esters is 1. The lowest BCUT2D eigenvalue weighted by Gasteiger charge is -2.37. The van der Waals surface area contributed by atoms with E-state index in [2.05, 4.69) is 33.9 Å². The van der Waals surface area contributed by atoms with Gasteiger partial charge in [-0.3, -0.25) is 4.90 Å². The lowest BCUT2D eigenvalue weighted by Crippen LogP contribution is -2.46. The number of nitrogens with one attached hydrogen (secondary N) is 1. The van der Waals surface area contributed by atoms with E-state index in [1.807, 2.05) is 60.7 Å². The minimum Gasteiger partial charge on any atom is -0.459 e. The van der Waals surface area contributed by atoms with Crippen LogP contribution in [0.4, 0.5) is 10.1 Å². The smallest absolute Gasteiger partial charge is 0.333 e. The molecule has 0 bridgehead atoms. The van der Waals surface area contributed by atoms with E-state index in [1.165, 1.54) is 13.0 Å². The van der Waals surface area contributed by atoms with Gasteiger partial charge >= 0.3 is 5.97 Å².